The first-order chi connectivity index (χ1) is 8.11. The summed E-state index contributed by atoms with van der Waals surface area (Å²) in [5, 5.41) is 11.5. The van der Waals surface area contributed by atoms with Gasteiger partial charge in [0.25, 0.3) is 0 Å². The summed E-state index contributed by atoms with van der Waals surface area (Å²) in [6, 6.07) is 2.17. The summed E-state index contributed by atoms with van der Waals surface area (Å²) in [4.78, 5) is 12.6. The van der Waals surface area contributed by atoms with Crippen molar-refractivity contribution in [3.63, 3.8) is 0 Å². The zero-order valence-electron chi connectivity index (χ0n) is 10.5. The number of aliphatic carboxylic acids is 1. The highest BCUT2D eigenvalue weighted by molar-refractivity contribution is 7.10. The van der Waals surface area contributed by atoms with Crippen LogP contribution in [-0.2, 0) is 4.79 Å². The Bertz CT molecular complexity index is 397. The molecule has 1 N–H and O–H groups in total. The monoisotopic (exact) mass is 252 g/mol. The standard InChI is InChI=1S/C14H20O2S/c1-3-10-4-5-12(14(15)16)13(7-10)11-6-9(2)17-8-11/h6,8,10,12-13H,3-5,7H2,1-2H3,(H,15,16). The Kier molecular flexibility index (Phi) is 3.87. The van der Waals surface area contributed by atoms with E-state index in [2.05, 4.69) is 25.3 Å². The van der Waals surface area contributed by atoms with Crippen molar-refractivity contribution in [3.05, 3.63) is 21.9 Å². The van der Waals surface area contributed by atoms with Gasteiger partial charge in [-0.15, -0.1) is 11.3 Å². The van der Waals surface area contributed by atoms with Gasteiger partial charge in [-0.05, 0) is 55.0 Å². The van der Waals surface area contributed by atoms with Crippen LogP contribution in [0.3, 0.4) is 0 Å². The molecule has 1 aliphatic rings. The van der Waals surface area contributed by atoms with Crippen LogP contribution in [-0.4, -0.2) is 11.1 Å². The minimum atomic E-state index is -0.617. The molecule has 1 fully saturated rings. The average Bonchev–Trinajstić information content (AvgIpc) is 2.75. The van der Waals surface area contributed by atoms with Gasteiger partial charge in [0.2, 0.25) is 0 Å². The minimum Gasteiger partial charge on any atom is -0.481 e. The van der Waals surface area contributed by atoms with Crippen LogP contribution in [0.25, 0.3) is 0 Å². The molecule has 1 aliphatic carbocycles. The maximum absolute atomic E-state index is 11.3. The number of carboxylic acids is 1. The van der Waals surface area contributed by atoms with Gasteiger partial charge in [0.05, 0.1) is 5.92 Å². The lowest BCUT2D eigenvalue weighted by atomic mass is 9.71. The van der Waals surface area contributed by atoms with Crippen molar-refractivity contribution in [1.29, 1.82) is 0 Å². The van der Waals surface area contributed by atoms with Gasteiger partial charge in [0.15, 0.2) is 0 Å². The fraction of sp³-hybridized carbons (Fsp3) is 0.643. The maximum atomic E-state index is 11.3. The molecule has 3 unspecified atom stereocenters. The number of rotatable bonds is 3. The Labute approximate surface area is 107 Å². The molecule has 0 bridgehead atoms. The van der Waals surface area contributed by atoms with Crippen molar-refractivity contribution in [1.82, 2.24) is 0 Å². The third-order valence-electron chi connectivity index (χ3n) is 4.03. The van der Waals surface area contributed by atoms with Gasteiger partial charge < -0.3 is 5.11 Å². The maximum Gasteiger partial charge on any atom is 0.307 e. The van der Waals surface area contributed by atoms with E-state index >= 15 is 0 Å². The lowest BCUT2D eigenvalue weighted by molar-refractivity contribution is -0.143. The van der Waals surface area contributed by atoms with Crippen molar-refractivity contribution in [2.75, 3.05) is 0 Å². The highest BCUT2D eigenvalue weighted by Crippen LogP contribution is 2.42. The lowest BCUT2D eigenvalue weighted by Crippen LogP contribution is -2.28. The zero-order valence-corrected chi connectivity index (χ0v) is 11.3. The molecule has 1 aromatic heterocycles. The molecule has 1 aromatic rings. The number of hydrogen-bond acceptors (Lipinski definition) is 2. The van der Waals surface area contributed by atoms with E-state index in [4.69, 9.17) is 0 Å². The van der Waals surface area contributed by atoms with Gasteiger partial charge in [-0.25, -0.2) is 0 Å². The molecule has 2 rings (SSSR count). The second kappa shape index (κ2) is 5.21. The third kappa shape index (κ3) is 2.71. The highest BCUT2D eigenvalue weighted by atomic mass is 32.1. The SMILES string of the molecule is CCC1CCC(C(=O)O)C(c2csc(C)c2)C1. The summed E-state index contributed by atoms with van der Waals surface area (Å²) in [6.45, 7) is 4.30. The molecule has 2 nitrogen and oxygen atoms in total. The van der Waals surface area contributed by atoms with Gasteiger partial charge in [-0.3, -0.25) is 4.79 Å². The normalized spacial score (nSPS) is 29.2. The Balaban J connectivity index is 2.21. The molecule has 0 amide bonds. The molecule has 1 saturated carbocycles. The van der Waals surface area contributed by atoms with E-state index in [1.165, 1.54) is 16.9 Å². The predicted molar refractivity (Wildman–Crippen MR) is 70.6 cm³/mol. The zero-order chi connectivity index (χ0) is 12.4. The second-order valence-corrected chi connectivity index (χ2v) is 6.24. The number of thiophene rings is 1. The van der Waals surface area contributed by atoms with E-state index < -0.39 is 5.97 Å². The van der Waals surface area contributed by atoms with Gasteiger partial charge in [0.1, 0.15) is 0 Å². The fourth-order valence-electron chi connectivity index (χ4n) is 2.95. The van der Waals surface area contributed by atoms with Crippen molar-refractivity contribution in [2.24, 2.45) is 11.8 Å². The van der Waals surface area contributed by atoms with E-state index in [-0.39, 0.29) is 11.8 Å². The highest BCUT2D eigenvalue weighted by Gasteiger charge is 2.35. The number of aryl methyl sites for hydroxylation is 1. The summed E-state index contributed by atoms with van der Waals surface area (Å²) in [5.74, 6) is 0.146. The summed E-state index contributed by atoms with van der Waals surface area (Å²) >= 11 is 1.73. The second-order valence-electron chi connectivity index (χ2n) is 5.13. The molecule has 1 heterocycles. The molecule has 0 spiro atoms. The van der Waals surface area contributed by atoms with Gasteiger partial charge in [0, 0.05) is 4.88 Å². The van der Waals surface area contributed by atoms with Crippen LogP contribution < -0.4 is 0 Å². The van der Waals surface area contributed by atoms with Crippen LogP contribution in [0.2, 0.25) is 0 Å². The Morgan fingerprint density at radius 3 is 2.82 bits per heavy atom. The summed E-state index contributed by atoms with van der Waals surface area (Å²) in [5.41, 5.74) is 1.25. The van der Waals surface area contributed by atoms with E-state index in [0.29, 0.717) is 5.92 Å². The van der Waals surface area contributed by atoms with E-state index in [1.54, 1.807) is 11.3 Å². The van der Waals surface area contributed by atoms with Gasteiger partial charge >= 0.3 is 5.97 Å². The molecule has 3 atom stereocenters. The fourth-order valence-corrected chi connectivity index (χ4v) is 3.72. The van der Waals surface area contributed by atoms with E-state index in [1.807, 2.05) is 0 Å². The van der Waals surface area contributed by atoms with Crippen molar-refractivity contribution >= 4 is 17.3 Å². The van der Waals surface area contributed by atoms with Crippen LogP contribution in [0, 0.1) is 18.8 Å². The van der Waals surface area contributed by atoms with Crippen molar-refractivity contribution < 1.29 is 9.90 Å². The molecule has 94 valence electrons. The molecular weight excluding hydrogens is 232 g/mol. The number of hydrogen-bond donors (Lipinski definition) is 1. The Morgan fingerprint density at radius 2 is 2.29 bits per heavy atom. The first kappa shape index (κ1) is 12.6. The topological polar surface area (TPSA) is 37.3 Å². The largest absolute Gasteiger partial charge is 0.481 e. The first-order valence-electron chi connectivity index (χ1n) is 6.39. The summed E-state index contributed by atoms with van der Waals surface area (Å²) < 4.78 is 0. The van der Waals surface area contributed by atoms with Crippen molar-refractivity contribution in [3.8, 4) is 0 Å². The van der Waals surface area contributed by atoms with Gasteiger partial charge in [-0.1, -0.05) is 13.3 Å². The van der Waals surface area contributed by atoms with Crippen LogP contribution in [0.1, 0.15) is 49.0 Å². The average molecular weight is 252 g/mol. The Morgan fingerprint density at radius 1 is 1.53 bits per heavy atom. The molecular formula is C14H20O2S. The molecule has 3 heteroatoms. The molecule has 17 heavy (non-hydrogen) atoms. The molecule has 0 radical (unpaired) electrons. The summed E-state index contributed by atoms with van der Waals surface area (Å²) in [6.07, 6.45) is 4.14. The smallest absolute Gasteiger partial charge is 0.307 e. The van der Waals surface area contributed by atoms with Crippen molar-refractivity contribution in [2.45, 2.75) is 45.4 Å². The summed E-state index contributed by atoms with van der Waals surface area (Å²) in [7, 11) is 0. The van der Waals surface area contributed by atoms with Crippen LogP contribution >= 0.6 is 11.3 Å². The number of carbonyl (C=O) groups is 1. The lowest BCUT2D eigenvalue weighted by Gasteiger charge is -2.33. The minimum absolute atomic E-state index is 0.174. The van der Waals surface area contributed by atoms with Crippen LogP contribution in [0.5, 0.6) is 0 Å². The van der Waals surface area contributed by atoms with Gasteiger partial charge in [-0.2, -0.15) is 0 Å². The third-order valence-corrected chi connectivity index (χ3v) is 4.91. The predicted octanol–water partition coefficient (Wildman–Crippen LogP) is 4.05. The molecule has 0 saturated heterocycles. The molecule has 0 aliphatic heterocycles. The number of carboxylic acid groups (broad SMARTS) is 1. The first-order valence-corrected chi connectivity index (χ1v) is 7.27. The van der Waals surface area contributed by atoms with Crippen LogP contribution in [0.4, 0.5) is 0 Å². The quantitative estimate of drug-likeness (QED) is 0.881. The van der Waals surface area contributed by atoms with Crippen LogP contribution in [0.15, 0.2) is 11.4 Å². The Hall–Kier alpha value is -0.830. The van der Waals surface area contributed by atoms with E-state index in [9.17, 15) is 9.90 Å². The molecule has 0 aromatic carbocycles. The van der Waals surface area contributed by atoms with E-state index in [0.717, 1.165) is 19.3 Å².